The van der Waals surface area contributed by atoms with Gasteiger partial charge in [0.05, 0.1) is 23.2 Å². The zero-order chi connectivity index (χ0) is 22.0. The Morgan fingerprint density at radius 3 is 2.87 bits per heavy atom. The van der Waals surface area contributed by atoms with Crippen LogP contribution in [0, 0.1) is 12.7 Å². The smallest absolute Gasteiger partial charge is 0.220 e. The van der Waals surface area contributed by atoms with E-state index in [0.29, 0.717) is 18.6 Å². The number of nitrogens with two attached hydrogens (primary N) is 1. The van der Waals surface area contributed by atoms with Gasteiger partial charge in [-0.25, -0.2) is 14.4 Å². The van der Waals surface area contributed by atoms with Crippen LogP contribution in [0.15, 0.2) is 47.9 Å². The molecule has 0 amide bonds. The number of hydrogen-bond acceptors (Lipinski definition) is 7. The first-order chi connectivity index (χ1) is 14.9. The molecule has 4 rings (SSSR count). The summed E-state index contributed by atoms with van der Waals surface area (Å²) in [5.74, 6) is -0.131. The van der Waals surface area contributed by atoms with Crippen LogP contribution in [0.25, 0.3) is 11.1 Å². The maximum absolute atomic E-state index is 14.1. The average molecular weight is 421 g/mol. The lowest BCUT2D eigenvalue weighted by molar-refractivity contribution is 0.0497. The molecule has 3 N–H and O–H groups in total. The zero-order valence-corrected chi connectivity index (χ0v) is 17.4. The van der Waals surface area contributed by atoms with Crippen molar-refractivity contribution in [1.82, 2.24) is 15.0 Å². The minimum absolute atomic E-state index is 0.0223. The van der Waals surface area contributed by atoms with Crippen LogP contribution in [0.5, 0.6) is 0 Å². The molecule has 0 aliphatic heterocycles. The van der Waals surface area contributed by atoms with Crippen molar-refractivity contribution >= 4 is 11.7 Å². The maximum Gasteiger partial charge on any atom is 0.220 e. The van der Waals surface area contributed by atoms with E-state index in [4.69, 9.17) is 10.6 Å². The van der Waals surface area contributed by atoms with Gasteiger partial charge in [0.25, 0.3) is 0 Å². The normalized spacial score (nSPS) is 17.9. The molecular weight excluding hydrogens is 397 g/mol. The molecule has 31 heavy (non-hydrogen) atoms. The fourth-order valence-electron chi connectivity index (χ4n) is 4.00. The zero-order valence-electron chi connectivity index (χ0n) is 17.4. The first-order valence-electron chi connectivity index (χ1n) is 10.1. The number of aliphatic hydroxyl groups is 1. The van der Waals surface area contributed by atoms with Crippen LogP contribution in [0.3, 0.4) is 0 Å². The van der Waals surface area contributed by atoms with Crippen LogP contribution in [0.2, 0.25) is 0 Å². The molecule has 1 aliphatic carbocycles. The second-order valence-corrected chi connectivity index (χ2v) is 7.75. The Morgan fingerprint density at radius 2 is 2.13 bits per heavy atom. The summed E-state index contributed by atoms with van der Waals surface area (Å²) in [5, 5.41) is 13.8. The van der Waals surface area contributed by atoms with Crippen LogP contribution in [0.1, 0.15) is 41.8 Å². The van der Waals surface area contributed by atoms with Gasteiger partial charge in [-0.3, -0.25) is 4.98 Å². The number of oxime groups is 1. The summed E-state index contributed by atoms with van der Waals surface area (Å²) in [6.45, 7) is 3.57. The van der Waals surface area contributed by atoms with Crippen LogP contribution in [0.4, 0.5) is 10.3 Å². The van der Waals surface area contributed by atoms with Crippen molar-refractivity contribution in [1.29, 1.82) is 0 Å². The van der Waals surface area contributed by atoms with E-state index in [0.717, 1.165) is 33.6 Å². The van der Waals surface area contributed by atoms with Crippen molar-refractivity contribution in [3.05, 3.63) is 71.1 Å². The number of nitrogens with zero attached hydrogens (tertiary/aromatic N) is 4. The molecule has 1 aliphatic rings. The number of fused-ring (bicyclic) bond motifs is 1. The number of halogens is 1. The third-order valence-corrected chi connectivity index (χ3v) is 5.27. The first-order valence-corrected chi connectivity index (χ1v) is 10.1. The Labute approximate surface area is 179 Å². The lowest BCUT2D eigenvalue weighted by Gasteiger charge is -2.28. The quantitative estimate of drug-likeness (QED) is 0.612. The number of aliphatic hydroxyl groups excluding tert-OH is 1. The van der Waals surface area contributed by atoms with Crippen molar-refractivity contribution in [3.8, 4) is 11.1 Å². The largest absolute Gasteiger partial charge is 0.393 e. The van der Waals surface area contributed by atoms with Gasteiger partial charge in [-0.1, -0.05) is 17.3 Å². The average Bonchev–Trinajstić information content (AvgIpc) is 2.73. The van der Waals surface area contributed by atoms with Gasteiger partial charge in [-0.05, 0) is 55.5 Å². The second-order valence-electron chi connectivity index (χ2n) is 7.75. The molecule has 0 spiro atoms. The van der Waals surface area contributed by atoms with Crippen LogP contribution < -0.4 is 5.73 Å². The number of benzene rings is 1. The monoisotopic (exact) mass is 421 g/mol. The van der Waals surface area contributed by atoms with Crippen molar-refractivity contribution in [2.75, 3.05) is 12.3 Å². The molecule has 7 nitrogen and oxygen atoms in total. The van der Waals surface area contributed by atoms with E-state index >= 15 is 0 Å². The number of nitrogen functional groups attached to an aromatic ring is 1. The van der Waals surface area contributed by atoms with Crippen molar-refractivity contribution in [2.24, 2.45) is 5.16 Å². The molecule has 0 fully saturated rings. The Bertz CT molecular complexity index is 1120. The fraction of sp³-hybridized carbons (Fsp3) is 0.304. The predicted molar refractivity (Wildman–Crippen MR) is 116 cm³/mol. The standard InChI is InChI=1S/C23H24FN5O2/c1-13(30)12-31-29-21-9-16(8-20-22(21)14(2)27-23(25)28-20)18-6-5-17(24)10-19(18)15-4-3-7-26-11-15/h3-7,10-11,13,16,30H,8-9,12H2,1-2H3,(H2,25,27,28). The van der Waals surface area contributed by atoms with Gasteiger partial charge in [0.1, 0.15) is 12.4 Å². The van der Waals surface area contributed by atoms with E-state index < -0.39 is 6.10 Å². The molecule has 3 aromatic rings. The number of anilines is 1. The lowest BCUT2D eigenvalue weighted by atomic mass is 9.78. The summed E-state index contributed by atoms with van der Waals surface area (Å²) in [4.78, 5) is 18.3. The molecule has 2 heterocycles. The molecule has 2 aromatic heterocycles. The molecule has 0 saturated carbocycles. The van der Waals surface area contributed by atoms with Gasteiger partial charge >= 0.3 is 0 Å². The van der Waals surface area contributed by atoms with E-state index in [1.807, 2.05) is 19.1 Å². The van der Waals surface area contributed by atoms with E-state index in [1.165, 1.54) is 12.1 Å². The van der Waals surface area contributed by atoms with E-state index in [1.54, 1.807) is 25.4 Å². The predicted octanol–water partition coefficient (Wildman–Crippen LogP) is 3.40. The minimum atomic E-state index is -0.638. The van der Waals surface area contributed by atoms with Crippen molar-refractivity contribution in [2.45, 2.75) is 38.7 Å². The van der Waals surface area contributed by atoms with E-state index in [9.17, 15) is 9.50 Å². The number of aryl methyl sites for hydroxylation is 1. The minimum Gasteiger partial charge on any atom is -0.393 e. The summed E-state index contributed by atoms with van der Waals surface area (Å²) in [7, 11) is 0. The molecule has 8 heteroatoms. The molecule has 0 bridgehead atoms. The molecule has 1 aromatic carbocycles. The van der Waals surface area contributed by atoms with Crippen LogP contribution in [-0.2, 0) is 11.3 Å². The molecule has 2 atom stereocenters. The summed E-state index contributed by atoms with van der Waals surface area (Å²) >= 11 is 0. The number of pyridine rings is 1. The third-order valence-electron chi connectivity index (χ3n) is 5.27. The number of rotatable bonds is 5. The fourth-order valence-corrected chi connectivity index (χ4v) is 4.00. The van der Waals surface area contributed by atoms with Gasteiger partial charge in [0.2, 0.25) is 5.95 Å². The van der Waals surface area contributed by atoms with Crippen LogP contribution >= 0.6 is 0 Å². The molecule has 2 unspecified atom stereocenters. The van der Waals surface area contributed by atoms with Crippen molar-refractivity contribution in [3.63, 3.8) is 0 Å². The molecule has 0 radical (unpaired) electrons. The summed E-state index contributed by atoms with van der Waals surface area (Å²) in [6.07, 6.45) is 3.93. The van der Waals surface area contributed by atoms with E-state index in [-0.39, 0.29) is 24.3 Å². The Kier molecular flexibility index (Phi) is 5.90. The summed E-state index contributed by atoms with van der Waals surface area (Å²) < 4.78 is 14.1. The lowest BCUT2D eigenvalue weighted by Crippen LogP contribution is -2.24. The van der Waals surface area contributed by atoms with Gasteiger partial charge in [-0.2, -0.15) is 0 Å². The van der Waals surface area contributed by atoms with E-state index in [2.05, 4.69) is 20.1 Å². The Balaban J connectivity index is 1.79. The first kappa shape index (κ1) is 20.9. The highest BCUT2D eigenvalue weighted by Gasteiger charge is 2.30. The molecule has 160 valence electrons. The van der Waals surface area contributed by atoms with Gasteiger partial charge in [-0.15, -0.1) is 0 Å². The SMILES string of the molecule is Cc1nc(N)nc2c1C(=NOCC(C)O)CC(c1ccc(F)cc1-c1cccnc1)C2. The summed E-state index contributed by atoms with van der Waals surface area (Å²) in [5.41, 5.74) is 11.5. The van der Waals surface area contributed by atoms with Crippen molar-refractivity contribution < 1.29 is 14.3 Å². The maximum atomic E-state index is 14.1. The Morgan fingerprint density at radius 1 is 1.29 bits per heavy atom. The highest BCUT2D eigenvalue weighted by Crippen LogP contribution is 2.38. The third kappa shape index (κ3) is 4.54. The van der Waals surface area contributed by atoms with Gasteiger partial charge in [0, 0.05) is 29.9 Å². The van der Waals surface area contributed by atoms with Crippen LogP contribution in [-0.4, -0.2) is 38.5 Å². The summed E-state index contributed by atoms with van der Waals surface area (Å²) in [6, 6.07) is 8.54. The Hall–Kier alpha value is -3.39. The molecular formula is C23H24FN5O2. The van der Waals surface area contributed by atoms with Gasteiger partial charge < -0.3 is 15.7 Å². The molecule has 0 saturated heterocycles. The second kappa shape index (κ2) is 8.77. The highest BCUT2D eigenvalue weighted by atomic mass is 19.1. The number of aromatic nitrogens is 3. The highest BCUT2D eigenvalue weighted by molar-refractivity contribution is 6.03. The topological polar surface area (TPSA) is 107 Å². The van der Waals surface area contributed by atoms with Gasteiger partial charge in [0.15, 0.2) is 0 Å². The number of hydrogen-bond donors (Lipinski definition) is 2.